The van der Waals surface area contributed by atoms with E-state index < -0.39 is 12.1 Å². The van der Waals surface area contributed by atoms with E-state index in [0.717, 1.165) is 0 Å². The maximum Gasteiger partial charge on any atom is 0.207 e. The van der Waals surface area contributed by atoms with Gasteiger partial charge in [0.1, 0.15) is 12.3 Å². The number of amides is 1. The molecule has 0 saturated carbocycles. The van der Waals surface area contributed by atoms with Crippen molar-refractivity contribution in [2.24, 2.45) is 0 Å². The lowest BCUT2D eigenvalue weighted by molar-refractivity contribution is -0.117. The molecule has 0 spiro atoms. The molecule has 62 valence electrons. The highest BCUT2D eigenvalue weighted by atomic mass is 16.3. The summed E-state index contributed by atoms with van der Waals surface area (Å²) in [7, 11) is 0. The predicted octanol–water partition coefficient (Wildman–Crippen LogP) is -0.763. The first kappa shape index (κ1) is 9.84. The van der Waals surface area contributed by atoms with Gasteiger partial charge in [-0.1, -0.05) is 6.08 Å². The number of aliphatic hydroxyl groups excluding tert-OH is 1. The normalized spacial score (nSPS) is 14.6. The molecule has 0 rings (SSSR count). The van der Waals surface area contributed by atoms with Crippen LogP contribution in [0, 0.1) is 0 Å². The van der Waals surface area contributed by atoms with Crippen molar-refractivity contribution in [2.45, 2.75) is 18.6 Å². The minimum absolute atomic E-state index is 0.282. The van der Waals surface area contributed by atoms with Crippen molar-refractivity contribution >= 4 is 12.7 Å². The Morgan fingerprint density at radius 2 is 2.18 bits per heavy atom. The predicted molar refractivity (Wildman–Crippen MR) is 39.9 cm³/mol. The number of nitrogens with one attached hydrogen (secondary N) is 1. The first-order chi connectivity index (χ1) is 5.26. The fourth-order valence-corrected chi connectivity index (χ4v) is 0.637. The van der Waals surface area contributed by atoms with Gasteiger partial charge in [-0.15, -0.1) is 6.58 Å². The number of hydrogen-bond donors (Lipinski definition) is 2. The Morgan fingerprint density at radius 1 is 1.55 bits per heavy atom. The van der Waals surface area contributed by atoms with Crippen LogP contribution < -0.4 is 5.32 Å². The molecule has 0 heterocycles. The van der Waals surface area contributed by atoms with E-state index >= 15 is 0 Å². The maximum atomic E-state index is 10.2. The second-order valence-corrected chi connectivity index (χ2v) is 2.04. The van der Waals surface area contributed by atoms with Crippen molar-refractivity contribution in [3.05, 3.63) is 12.7 Å². The van der Waals surface area contributed by atoms with Crippen LogP contribution in [0.3, 0.4) is 0 Å². The second kappa shape index (κ2) is 5.61. The lowest BCUT2D eigenvalue weighted by Gasteiger charge is -2.14. The first-order valence-corrected chi connectivity index (χ1v) is 3.20. The van der Waals surface area contributed by atoms with Crippen LogP contribution in [-0.4, -0.2) is 29.9 Å². The third-order valence-electron chi connectivity index (χ3n) is 1.23. The van der Waals surface area contributed by atoms with E-state index in [1.54, 1.807) is 0 Å². The van der Waals surface area contributed by atoms with Gasteiger partial charge in [0.25, 0.3) is 0 Å². The third-order valence-corrected chi connectivity index (χ3v) is 1.23. The molecule has 4 nitrogen and oxygen atoms in total. The molecule has 0 aromatic heterocycles. The molecule has 0 radical (unpaired) electrons. The smallest absolute Gasteiger partial charge is 0.207 e. The molecule has 1 amide bonds. The Bertz CT molecular complexity index is 147. The Morgan fingerprint density at radius 3 is 2.55 bits per heavy atom. The van der Waals surface area contributed by atoms with Crippen LogP contribution in [0.4, 0.5) is 0 Å². The molecule has 0 bridgehead atoms. The number of aliphatic hydroxyl groups is 1. The number of hydrogen-bond acceptors (Lipinski definition) is 3. The molecular formula is C7H11NO3. The summed E-state index contributed by atoms with van der Waals surface area (Å²) in [5.74, 6) is 0. The number of carbonyl (C=O) groups excluding carboxylic acids is 2. The van der Waals surface area contributed by atoms with Gasteiger partial charge in [0, 0.05) is 0 Å². The highest BCUT2D eigenvalue weighted by molar-refractivity contribution is 5.64. The molecule has 0 fully saturated rings. The maximum absolute atomic E-state index is 10.2. The van der Waals surface area contributed by atoms with Crippen LogP contribution in [0.15, 0.2) is 12.7 Å². The van der Waals surface area contributed by atoms with Crippen LogP contribution >= 0.6 is 0 Å². The molecule has 0 saturated heterocycles. The fraction of sp³-hybridized carbons (Fsp3) is 0.429. The average Bonchev–Trinajstić information content (AvgIpc) is 2.00. The van der Waals surface area contributed by atoms with Crippen molar-refractivity contribution in [2.75, 3.05) is 0 Å². The fourth-order valence-electron chi connectivity index (χ4n) is 0.637. The zero-order valence-corrected chi connectivity index (χ0v) is 6.06. The summed E-state index contributed by atoms with van der Waals surface area (Å²) in [4.78, 5) is 20.1. The van der Waals surface area contributed by atoms with Crippen molar-refractivity contribution in [3.8, 4) is 0 Å². The minimum Gasteiger partial charge on any atom is -0.390 e. The Labute approximate surface area is 64.9 Å². The molecule has 11 heavy (non-hydrogen) atoms. The second-order valence-electron chi connectivity index (χ2n) is 2.04. The van der Waals surface area contributed by atoms with Crippen molar-refractivity contribution in [1.82, 2.24) is 5.32 Å². The van der Waals surface area contributed by atoms with Gasteiger partial charge in [-0.25, -0.2) is 0 Å². The summed E-state index contributed by atoms with van der Waals surface area (Å²) in [6.45, 7) is 3.39. The monoisotopic (exact) mass is 157 g/mol. The highest BCUT2D eigenvalue weighted by Gasteiger charge is 2.15. The molecule has 4 heteroatoms. The van der Waals surface area contributed by atoms with Crippen LogP contribution in [0.2, 0.25) is 0 Å². The summed E-state index contributed by atoms with van der Waals surface area (Å²) in [6, 6.07) is -0.828. The van der Waals surface area contributed by atoms with Gasteiger partial charge in [-0.2, -0.15) is 0 Å². The van der Waals surface area contributed by atoms with E-state index in [0.29, 0.717) is 12.7 Å². The van der Waals surface area contributed by atoms with Crippen molar-refractivity contribution in [3.63, 3.8) is 0 Å². The molecule has 0 unspecified atom stereocenters. The van der Waals surface area contributed by atoms with Gasteiger partial charge in [-0.05, 0) is 6.42 Å². The van der Waals surface area contributed by atoms with Crippen LogP contribution in [0.5, 0.6) is 0 Å². The van der Waals surface area contributed by atoms with E-state index in [9.17, 15) is 9.59 Å². The number of carbonyl (C=O) groups is 2. The quantitative estimate of drug-likeness (QED) is 0.393. The van der Waals surface area contributed by atoms with E-state index in [4.69, 9.17) is 5.11 Å². The van der Waals surface area contributed by atoms with Crippen molar-refractivity contribution < 1.29 is 14.7 Å². The summed E-state index contributed by atoms with van der Waals surface area (Å²) in [5, 5.41) is 11.3. The largest absolute Gasteiger partial charge is 0.390 e. The van der Waals surface area contributed by atoms with E-state index in [1.807, 2.05) is 0 Å². The molecule has 0 aromatic carbocycles. The van der Waals surface area contributed by atoms with Crippen LogP contribution in [-0.2, 0) is 9.59 Å². The van der Waals surface area contributed by atoms with Gasteiger partial charge >= 0.3 is 0 Å². The SMILES string of the molecule is C=CC[C@@H](O)[C@@H](C=O)NC=O. The topological polar surface area (TPSA) is 66.4 Å². The van der Waals surface area contributed by atoms with Gasteiger partial charge in [-0.3, -0.25) is 4.79 Å². The van der Waals surface area contributed by atoms with Gasteiger partial charge in [0.2, 0.25) is 6.41 Å². The zero-order chi connectivity index (χ0) is 8.69. The Hall–Kier alpha value is -1.16. The third kappa shape index (κ3) is 3.52. The van der Waals surface area contributed by atoms with Crippen LogP contribution in [0.25, 0.3) is 0 Å². The summed E-state index contributed by atoms with van der Waals surface area (Å²) in [6.07, 6.45) is 1.75. The zero-order valence-electron chi connectivity index (χ0n) is 6.06. The van der Waals surface area contributed by atoms with Crippen molar-refractivity contribution in [1.29, 1.82) is 0 Å². The Balaban J connectivity index is 3.88. The molecule has 2 N–H and O–H groups in total. The van der Waals surface area contributed by atoms with Gasteiger partial charge in [0.05, 0.1) is 6.10 Å². The lowest BCUT2D eigenvalue weighted by atomic mass is 10.1. The molecule has 0 aliphatic heterocycles. The summed E-state index contributed by atoms with van der Waals surface area (Å²) >= 11 is 0. The standard InChI is InChI=1S/C7H11NO3/c1-2-3-7(11)6(4-9)8-5-10/h2,4-7,11H,1,3H2,(H,8,10)/t6-,7-/m1/s1. The molecule has 0 aromatic rings. The molecule has 2 atom stereocenters. The number of rotatable bonds is 6. The minimum atomic E-state index is -0.879. The molecule has 0 aliphatic rings. The molecule has 0 aliphatic carbocycles. The van der Waals surface area contributed by atoms with Gasteiger partial charge < -0.3 is 15.2 Å². The Kier molecular flexibility index (Phi) is 5.02. The van der Waals surface area contributed by atoms with Crippen LogP contribution in [0.1, 0.15) is 6.42 Å². The van der Waals surface area contributed by atoms with Gasteiger partial charge in [0.15, 0.2) is 0 Å². The van der Waals surface area contributed by atoms with E-state index in [2.05, 4.69) is 11.9 Å². The highest BCUT2D eigenvalue weighted by Crippen LogP contribution is 1.96. The first-order valence-electron chi connectivity index (χ1n) is 3.20. The van der Waals surface area contributed by atoms with E-state index in [-0.39, 0.29) is 6.42 Å². The summed E-state index contributed by atoms with van der Waals surface area (Å²) in [5.41, 5.74) is 0. The lowest BCUT2D eigenvalue weighted by Crippen LogP contribution is -2.40. The average molecular weight is 157 g/mol. The number of aldehydes is 1. The summed E-state index contributed by atoms with van der Waals surface area (Å²) < 4.78 is 0. The molecular weight excluding hydrogens is 146 g/mol. The van der Waals surface area contributed by atoms with E-state index in [1.165, 1.54) is 6.08 Å².